The van der Waals surface area contributed by atoms with Crippen molar-refractivity contribution in [2.45, 2.75) is 0 Å². The van der Waals surface area contributed by atoms with Gasteiger partial charge in [-0.2, -0.15) is 0 Å². The van der Waals surface area contributed by atoms with Gasteiger partial charge in [-0.15, -0.1) is 11.3 Å². The number of carbonyl (C=O) groups excluding carboxylic acids is 2. The number of carbonyl (C=O) groups is 2. The fraction of sp³-hybridized carbons (Fsp3) is 0.125. The standard InChI is InChI=1S/C24H21N3O4S/c1-30-17-10-16(11-18(12-17)31-2)23(29)25-13-22(28)27-24-26-21(14-32-24)20-9-5-7-15-6-3-4-8-19(15)20/h3-12,14H,13H2,1-2H3,(H,25,29)(H,26,27,28). The second-order valence-corrected chi connectivity index (χ2v) is 7.75. The largest absolute Gasteiger partial charge is 0.497 e. The van der Waals surface area contributed by atoms with Gasteiger partial charge in [-0.1, -0.05) is 42.5 Å². The number of amides is 2. The van der Waals surface area contributed by atoms with Crippen molar-refractivity contribution in [3.05, 3.63) is 71.6 Å². The van der Waals surface area contributed by atoms with Crippen LogP contribution < -0.4 is 20.1 Å². The predicted molar refractivity (Wildman–Crippen MR) is 126 cm³/mol. The maximum absolute atomic E-state index is 12.4. The summed E-state index contributed by atoms with van der Waals surface area (Å²) in [7, 11) is 3.01. The molecule has 0 aliphatic heterocycles. The summed E-state index contributed by atoms with van der Waals surface area (Å²) < 4.78 is 10.3. The van der Waals surface area contributed by atoms with Gasteiger partial charge in [-0.25, -0.2) is 4.98 Å². The van der Waals surface area contributed by atoms with Gasteiger partial charge >= 0.3 is 0 Å². The Morgan fingerprint density at radius 3 is 2.44 bits per heavy atom. The van der Waals surface area contributed by atoms with Crippen LogP contribution in [0, 0.1) is 0 Å². The minimum atomic E-state index is -0.409. The Morgan fingerprint density at radius 1 is 0.969 bits per heavy atom. The van der Waals surface area contributed by atoms with Crippen LogP contribution in [0.5, 0.6) is 11.5 Å². The number of methoxy groups -OCH3 is 2. The number of fused-ring (bicyclic) bond motifs is 1. The third-order valence-corrected chi connectivity index (χ3v) is 5.60. The Kier molecular flexibility index (Phi) is 6.32. The summed E-state index contributed by atoms with van der Waals surface area (Å²) >= 11 is 1.33. The Labute approximate surface area is 189 Å². The summed E-state index contributed by atoms with van der Waals surface area (Å²) in [4.78, 5) is 29.3. The Balaban J connectivity index is 1.40. The van der Waals surface area contributed by atoms with E-state index in [0.717, 1.165) is 22.0 Å². The van der Waals surface area contributed by atoms with Gasteiger partial charge in [0, 0.05) is 22.6 Å². The molecule has 0 bridgehead atoms. The highest BCUT2D eigenvalue weighted by Gasteiger charge is 2.13. The molecule has 0 aliphatic carbocycles. The molecule has 0 aliphatic rings. The molecule has 7 nitrogen and oxygen atoms in total. The van der Waals surface area contributed by atoms with E-state index >= 15 is 0 Å². The molecule has 8 heteroatoms. The average molecular weight is 448 g/mol. The number of aromatic nitrogens is 1. The zero-order valence-electron chi connectivity index (χ0n) is 17.5. The highest BCUT2D eigenvalue weighted by Crippen LogP contribution is 2.31. The smallest absolute Gasteiger partial charge is 0.251 e. The molecule has 0 radical (unpaired) electrons. The van der Waals surface area contributed by atoms with Gasteiger partial charge in [0.2, 0.25) is 5.91 Å². The summed E-state index contributed by atoms with van der Waals surface area (Å²) in [6, 6.07) is 18.9. The number of anilines is 1. The third kappa shape index (κ3) is 4.70. The van der Waals surface area contributed by atoms with E-state index in [9.17, 15) is 9.59 Å². The normalized spacial score (nSPS) is 10.6. The molecular weight excluding hydrogens is 426 g/mol. The Morgan fingerprint density at radius 2 is 1.69 bits per heavy atom. The van der Waals surface area contributed by atoms with Gasteiger partial charge in [0.15, 0.2) is 5.13 Å². The minimum Gasteiger partial charge on any atom is -0.497 e. The number of hydrogen-bond acceptors (Lipinski definition) is 6. The second kappa shape index (κ2) is 9.49. The van der Waals surface area contributed by atoms with E-state index in [1.165, 1.54) is 25.6 Å². The van der Waals surface area contributed by atoms with Gasteiger partial charge in [-0.05, 0) is 22.9 Å². The summed E-state index contributed by atoms with van der Waals surface area (Å²) in [6.45, 7) is -0.193. The number of benzene rings is 3. The van der Waals surface area contributed by atoms with Gasteiger partial charge in [0.25, 0.3) is 5.91 Å². The number of ether oxygens (including phenoxy) is 2. The number of nitrogens with one attached hydrogen (secondary N) is 2. The topological polar surface area (TPSA) is 89.5 Å². The number of rotatable bonds is 7. The van der Waals surface area contributed by atoms with E-state index in [0.29, 0.717) is 22.2 Å². The van der Waals surface area contributed by atoms with Crippen molar-refractivity contribution in [3.63, 3.8) is 0 Å². The van der Waals surface area contributed by atoms with E-state index in [1.807, 2.05) is 35.7 Å². The summed E-state index contributed by atoms with van der Waals surface area (Å²) in [5, 5.41) is 9.93. The molecule has 4 rings (SSSR count). The van der Waals surface area contributed by atoms with Gasteiger partial charge in [0.1, 0.15) is 11.5 Å². The molecule has 162 valence electrons. The van der Waals surface area contributed by atoms with Crippen molar-refractivity contribution >= 4 is 39.1 Å². The lowest BCUT2D eigenvalue weighted by molar-refractivity contribution is -0.115. The monoisotopic (exact) mass is 447 g/mol. The van der Waals surface area contributed by atoms with Crippen LogP contribution in [0.4, 0.5) is 5.13 Å². The van der Waals surface area contributed by atoms with Crippen LogP contribution in [0.3, 0.4) is 0 Å². The number of hydrogen-bond donors (Lipinski definition) is 2. The molecule has 4 aromatic rings. The van der Waals surface area contributed by atoms with Crippen LogP contribution in [0.25, 0.3) is 22.0 Å². The minimum absolute atomic E-state index is 0.193. The summed E-state index contributed by atoms with van der Waals surface area (Å²) in [5.41, 5.74) is 2.12. The van der Waals surface area contributed by atoms with Crippen LogP contribution in [-0.4, -0.2) is 37.6 Å². The molecular formula is C24H21N3O4S. The third-order valence-electron chi connectivity index (χ3n) is 4.84. The summed E-state index contributed by atoms with van der Waals surface area (Å²) in [6.07, 6.45) is 0. The molecule has 0 unspecified atom stereocenters. The van der Waals surface area contributed by atoms with Gasteiger partial charge in [-0.3, -0.25) is 9.59 Å². The first-order valence-electron chi connectivity index (χ1n) is 9.82. The lowest BCUT2D eigenvalue weighted by Crippen LogP contribution is -2.32. The van der Waals surface area contributed by atoms with Crippen LogP contribution in [0.2, 0.25) is 0 Å². The van der Waals surface area contributed by atoms with Crippen molar-refractivity contribution in [1.82, 2.24) is 10.3 Å². The average Bonchev–Trinajstić information content (AvgIpc) is 3.29. The number of thiazole rings is 1. The molecule has 0 fully saturated rings. The van der Waals surface area contributed by atoms with Crippen LogP contribution in [0.1, 0.15) is 10.4 Å². The molecule has 1 heterocycles. The number of nitrogens with zero attached hydrogens (tertiary/aromatic N) is 1. The van der Waals surface area contributed by atoms with E-state index in [2.05, 4.69) is 27.8 Å². The molecule has 1 aromatic heterocycles. The van der Waals surface area contributed by atoms with E-state index in [1.54, 1.807) is 18.2 Å². The zero-order chi connectivity index (χ0) is 22.5. The lowest BCUT2D eigenvalue weighted by atomic mass is 10.0. The molecule has 3 aromatic carbocycles. The Bertz CT molecular complexity index is 1260. The Hall–Kier alpha value is -3.91. The zero-order valence-corrected chi connectivity index (χ0v) is 18.4. The fourth-order valence-electron chi connectivity index (χ4n) is 3.27. The van der Waals surface area contributed by atoms with Crippen LogP contribution in [0.15, 0.2) is 66.0 Å². The first kappa shape index (κ1) is 21.3. The first-order valence-corrected chi connectivity index (χ1v) is 10.7. The molecule has 2 N–H and O–H groups in total. The molecule has 2 amide bonds. The summed E-state index contributed by atoms with van der Waals surface area (Å²) in [5.74, 6) is 0.199. The van der Waals surface area contributed by atoms with E-state index in [-0.39, 0.29) is 12.5 Å². The van der Waals surface area contributed by atoms with E-state index < -0.39 is 5.91 Å². The lowest BCUT2D eigenvalue weighted by Gasteiger charge is -2.09. The molecule has 0 saturated heterocycles. The molecule has 32 heavy (non-hydrogen) atoms. The SMILES string of the molecule is COc1cc(OC)cc(C(=O)NCC(=O)Nc2nc(-c3cccc4ccccc34)cs2)c1. The van der Waals surface area contributed by atoms with Gasteiger partial charge in [0.05, 0.1) is 26.5 Å². The van der Waals surface area contributed by atoms with E-state index in [4.69, 9.17) is 9.47 Å². The van der Waals surface area contributed by atoms with Crippen molar-refractivity contribution in [1.29, 1.82) is 0 Å². The van der Waals surface area contributed by atoms with Crippen molar-refractivity contribution in [3.8, 4) is 22.8 Å². The second-order valence-electron chi connectivity index (χ2n) is 6.90. The molecule has 0 spiro atoms. The quantitative estimate of drug-likeness (QED) is 0.440. The van der Waals surface area contributed by atoms with Gasteiger partial charge < -0.3 is 20.1 Å². The molecule has 0 atom stereocenters. The predicted octanol–water partition coefficient (Wildman–Crippen LogP) is 4.35. The maximum Gasteiger partial charge on any atom is 0.251 e. The fourth-order valence-corrected chi connectivity index (χ4v) is 3.99. The van der Waals surface area contributed by atoms with Crippen LogP contribution >= 0.6 is 11.3 Å². The maximum atomic E-state index is 12.4. The molecule has 0 saturated carbocycles. The highest BCUT2D eigenvalue weighted by molar-refractivity contribution is 7.14. The van der Waals surface area contributed by atoms with Crippen LogP contribution in [-0.2, 0) is 4.79 Å². The van der Waals surface area contributed by atoms with Crippen molar-refractivity contribution in [2.24, 2.45) is 0 Å². The highest BCUT2D eigenvalue weighted by atomic mass is 32.1. The van der Waals surface area contributed by atoms with Crippen molar-refractivity contribution < 1.29 is 19.1 Å². The van der Waals surface area contributed by atoms with Crippen molar-refractivity contribution in [2.75, 3.05) is 26.1 Å². The first-order chi connectivity index (χ1) is 15.6.